The van der Waals surface area contributed by atoms with Crippen LogP contribution in [-0.2, 0) is 19.1 Å². The summed E-state index contributed by atoms with van der Waals surface area (Å²) < 4.78 is 4.79. The standard InChI is InChI=1S/C14H8O6/c1-6(15)9-10(16)13(19)20-14(9)11(17)7-4-2-3-5-8(7)12(14)18/h2-5,9H,1H3. The summed E-state index contributed by atoms with van der Waals surface area (Å²) in [5.74, 6) is -6.51. The Morgan fingerprint density at radius 3 is 2.00 bits per heavy atom. The van der Waals surface area contributed by atoms with Crippen molar-refractivity contribution in [1.29, 1.82) is 0 Å². The van der Waals surface area contributed by atoms with Gasteiger partial charge in [-0.2, -0.15) is 0 Å². The quantitative estimate of drug-likeness (QED) is 0.410. The van der Waals surface area contributed by atoms with Gasteiger partial charge in [0.1, 0.15) is 11.7 Å². The first-order chi connectivity index (χ1) is 9.41. The summed E-state index contributed by atoms with van der Waals surface area (Å²) in [6.45, 7) is 1.05. The zero-order valence-electron chi connectivity index (χ0n) is 10.3. The van der Waals surface area contributed by atoms with Gasteiger partial charge in [-0.25, -0.2) is 4.79 Å². The molecule has 6 heteroatoms. The molecule has 1 heterocycles. The van der Waals surface area contributed by atoms with Crippen LogP contribution in [0.5, 0.6) is 0 Å². The summed E-state index contributed by atoms with van der Waals surface area (Å²) >= 11 is 0. The third-order valence-electron chi connectivity index (χ3n) is 3.62. The largest absolute Gasteiger partial charge is 0.435 e. The number of carbonyl (C=O) groups excluding carboxylic acids is 5. The lowest BCUT2D eigenvalue weighted by Gasteiger charge is -2.22. The first-order valence-electron chi connectivity index (χ1n) is 5.87. The molecule has 0 radical (unpaired) electrons. The molecule has 0 saturated carbocycles. The van der Waals surface area contributed by atoms with Gasteiger partial charge in [0.2, 0.25) is 11.6 Å². The highest BCUT2D eigenvalue weighted by atomic mass is 16.6. The molecule has 2 aliphatic rings. The van der Waals surface area contributed by atoms with Crippen molar-refractivity contribution in [3.05, 3.63) is 35.4 Å². The molecule has 1 saturated heterocycles. The summed E-state index contributed by atoms with van der Waals surface area (Å²) in [6.07, 6.45) is 0. The Morgan fingerprint density at radius 1 is 1.05 bits per heavy atom. The summed E-state index contributed by atoms with van der Waals surface area (Å²) in [7, 11) is 0. The highest BCUT2D eigenvalue weighted by molar-refractivity contribution is 6.48. The summed E-state index contributed by atoms with van der Waals surface area (Å²) in [5, 5.41) is 0. The SMILES string of the molecule is CC(=O)C1C(=O)C(=O)OC12C(=O)c1ccccc1C2=O. The highest BCUT2D eigenvalue weighted by Crippen LogP contribution is 2.42. The minimum Gasteiger partial charge on any atom is -0.435 e. The van der Waals surface area contributed by atoms with Crippen LogP contribution >= 0.6 is 0 Å². The second-order valence-electron chi connectivity index (χ2n) is 4.74. The minimum atomic E-state index is -2.33. The number of benzene rings is 1. The summed E-state index contributed by atoms with van der Waals surface area (Å²) in [5.41, 5.74) is -2.21. The molecule has 1 spiro atoms. The lowest BCUT2D eigenvalue weighted by molar-refractivity contribution is -0.149. The molecular weight excluding hydrogens is 264 g/mol. The number of carbonyl (C=O) groups is 5. The predicted molar refractivity (Wildman–Crippen MR) is 63.1 cm³/mol. The van der Waals surface area contributed by atoms with Crippen LogP contribution in [0, 0.1) is 5.92 Å². The van der Waals surface area contributed by atoms with E-state index in [-0.39, 0.29) is 11.1 Å². The Kier molecular flexibility index (Phi) is 2.29. The molecule has 1 aromatic carbocycles. The van der Waals surface area contributed by atoms with Crippen LogP contribution in [-0.4, -0.2) is 34.7 Å². The van der Waals surface area contributed by atoms with Gasteiger partial charge in [-0.05, 0) is 6.92 Å². The van der Waals surface area contributed by atoms with E-state index in [1.54, 1.807) is 12.1 Å². The number of hydrogen-bond donors (Lipinski definition) is 0. The second-order valence-corrected chi connectivity index (χ2v) is 4.74. The first kappa shape index (κ1) is 12.4. The third-order valence-corrected chi connectivity index (χ3v) is 3.62. The molecule has 1 aliphatic heterocycles. The zero-order valence-corrected chi connectivity index (χ0v) is 10.3. The van der Waals surface area contributed by atoms with Gasteiger partial charge in [0.05, 0.1) is 0 Å². The van der Waals surface area contributed by atoms with Gasteiger partial charge < -0.3 is 4.74 Å². The number of hydrogen-bond acceptors (Lipinski definition) is 6. The molecule has 100 valence electrons. The molecular formula is C14H8O6. The van der Waals surface area contributed by atoms with Crippen molar-refractivity contribution in [2.24, 2.45) is 5.92 Å². The maximum Gasteiger partial charge on any atom is 0.377 e. The van der Waals surface area contributed by atoms with E-state index in [4.69, 9.17) is 4.74 Å². The lowest BCUT2D eigenvalue weighted by Crippen LogP contribution is -2.50. The van der Waals surface area contributed by atoms with Crippen LogP contribution in [0.2, 0.25) is 0 Å². The molecule has 3 rings (SSSR count). The minimum absolute atomic E-state index is 0.0613. The molecule has 1 unspecified atom stereocenters. The van der Waals surface area contributed by atoms with Crippen molar-refractivity contribution < 1.29 is 28.7 Å². The van der Waals surface area contributed by atoms with E-state index in [9.17, 15) is 24.0 Å². The van der Waals surface area contributed by atoms with E-state index in [1.165, 1.54) is 12.1 Å². The van der Waals surface area contributed by atoms with E-state index in [0.29, 0.717) is 0 Å². The Balaban J connectivity index is 2.27. The number of ketones is 4. The van der Waals surface area contributed by atoms with Crippen LogP contribution in [0.25, 0.3) is 0 Å². The number of ether oxygens (including phenoxy) is 1. The zero-order chi connectivity index (χ0) is 14.7. The van der Waals surface area contributed by atoms with E-state index in [1.807, 2.05) is 0 Å². The smallest absolute Gasteiger partial charge is 0.377 e. The number of esters is 1. The average Bonchev–Trinajstić information content (AvgIpc) is 2.80. The Morgan fingerprint density at radius 2 is 1.55 bits per heavy atom. The maximum atomic E-state index is 12.4. The van der Waals surface area contributed by atoms with Gasteiger partial charge in [0, 0.05) is 11.1 Å². The van der Waals surface area contributed by atoms with Gasteiger partial charge in [-0.15, -0.1) is 0 Å². The van der Waals surface area contributed by atoms with Crippen LogP contribution in [0.4, 0.5) is 0 Å². The molecule has 1 fully saturated rings. The Hall–Kier alpha value is -2.63. The van der Waals surface area contributed by atoms with E-state index >= 15 is 0 Å². The molecule has 0 amide bonds. The molecule has 1 aromatic rings. The predicted octanol–water partition coefficient (Wildman–Crippen LogP) is 0.135. The van der Waals surface area contributed by atoms with Crippen LogP contribution < -0.4 is 0 Å². The third kappa shape index (κ3) is 1.20. The van der Waals surface area contributed by atoms with Crippen molar-refractivity contribution in [2.75, 3.05) is 0 Å². The van der Waals surface area contributed by atoms with Crippen molar-refractivity contribution in [3.8, 4) is 0 Å². The van der Waals surface area contributed by atoms with Gasteiger partial charge in [-0.1, -0.05) is 24.3 Å². The summed E-state index contributed by atoms with van der Waals surface area (Å²) in [4.78, 5) is 59.7. The topological polar surface area (TPSA) is 94.6 Å². The van der Waals surface area contributed by atoms with Crippen LogP contribution in [0.15, 0.2) is 24.3 Å². The van der Waals surface area contributed by atoms with Crippen molar-refractivity contribution in [3.63, 3.8) is 0 Å². The van der Waals surface area contributed by atoms with Gasteiger partial charge in [-0.3, -0.25) is 19.2 Å². The van der Waals surface area contributed by atoms with Crippen LogP contribution in [0.1, 0.15) is 27.6 Å². The first-order valence-corrected chi connectivity index (χ1v) is 5.87. The molecule has 0 bridgehead atoms. The van der Waals surface area contributed by atoms with Crippen molar-refractivity contribution >= 4 is 29.1 Å². The Labute approximate surface area is 112 Å². The number of fused-ring (bicyclic) bond motifs is 1. The monoisotopic (exact) mass is 272 g/mol. The molecule has 0 N–H and O–H groups in total. The molecule has 20 heavy (non-hydrogen) atoms. The van der Waals surface area contributed by atoms with Gasteiger partial charge in [0.15, 0.2) is 0 Å². The van der Waals surface area contributed by atoms with E-state index in [2.05, 4.69) is 0 Å². The lowest BCUT2D eigenvalue weighted by atomic mass is 9.80. The fraction of sp³-hybridized carbons (Fsp3) is 0.214. The second kappa shape index (κ2) is 3.69. The molecule has 6 nitrogen and oxygen atoms in total. The van der Waals surface area contributed by atoms with Crippen LogP contribution in [0.3, 0.4) is 0 Å². The molecule has 1 atom stereocenters. The molecule has 1 aliphatic carbocycles. The average molecular weight is 272 g/mol. The van der Waals surface area contributed by atoms with Crippen molar-refractivity contribution in [2.45, 2.75) is 12.5 Å². The number of Topliss-reactive ketones (excluding diaryl/α,β-unsaturated/α-hetero) is 4. The van der Waals surface area contributed by atoms with Crippen molar-refractivity contribution in [1.82, 2.24) is 0 Å². The normalized spacial score (nSPS) is 23.1. The van der Waals surface area contributed by atoms with E-state index < -0.39 is 40.6 Å². The van der Waals surface area contributed by atoms with Gasteiger partial charge >= 0.3 is 5.97 Å². The van der Waals surface area contributed by atoms with E-state index in [0.717, 1.165) is 6.92 Å². The van der Waals surface area contributed by atoms with Gasteiger partial charge in [0.25, 0.3) is 11.4 Å². The molecule has 0 aromatic heterocycles. The summed E-state index contributed by atoms with van der Waals surface area (Å²) in [6, 6.07) is 5.89. The Bertz CT molecular complexity index is 679. The maximum absolute atomic E-state index is 12.4. The highest BCUT2D eigenvalue weighted by Gasteiger charge is 2.70. The fourth-order valence-corrected chi connectivity index (χ4v) is 2.77. The number of rotatable bonds is 1. The fourth-order valence-electron chi connectivity index (χ4n) is 2.77.